The van der Waals surface area contributed by atoms with Crippen molar-refractivity contribution in [3.63, 3.8) is 0 Å². The van der Waals surface area contributed by atoms with Crippen LogP contribution in [-0.4, -0.2) is 41.7 Å². The van der Waals surface area contributed by atoms with E-state index in [1.165, 1.54) is 0 Å². The standard InChI is InChI=1S/C8H15NO6S2/c1-3-5(2)7(8(11)12)9-6(10)4-16-17(13,14)15/h5,7H,3-4H2,1-2H3,(H,9,10)(H,11,12)(H,13,14,15). The second-order valence-corrected chi connectivity index (χ2v) is 6.81. The minimum absolute atomic E-state index is 0.0375. The maximum absolute atomic E-state index is 11.3. The van der Waals surface area contributed by atoms with Crippen LogP contribution < -0.4 is 5.32 Å². The maximum Gasteiger partial charge on any atom is 0.326 e. The van der Waals surface area contributed by atoms with Gasteiger partial charge in [-0.05, 0) is 5.92 Å². The topological polar surface area (TPSA) is 121 Å². The Balaban J connectivity index is 4.37. The summed E-state index contributed by atoms with van der Waals surface area (Å²) in [5.74, 6) is -2.74. The van der Waals surface area contributed by atoms with Gasteiger partial charge >= 0.3 is 15.1 Å². The first kappa shape index (κ1) is 16.2. The Morgan fingerprint density at radius 1 is 1.41 bits per heavy atom. The maximum atomic E-state index is 11.3. The second-order valence-electron chi connectivity index (χ2n) is 3.46. The molecule has 0 aliphatic heterocycles. The summed E-state index contributed by atoms with van der Waals surface area (Å²) in [7, 11) is -4.26. The van der Waals surface area contributed by atoms with Crippen molar-refractivity contribution < 1.29 is 27.7 Å². The lowest BCUT2D eigenvalue weighted by molar-refractivity contribution is -0.143. The highest BCUT2D eigenvalue weighted by Gasteiger charge is 2.25. The van der Waals surface area contributed by atoms with Gasteiger partial charge in [0.15, 0.2) is 0 Å². The minimum Gasteiger partial charge on any atom is -0.480 e. The van der Waals surface area contributed by atoms with Crippen molar-refractivity contribution in [3.05, 3.63) is 0 Å². The molecule has 0 spiro atoms. The van der Waals surface area contributed by atoms with Gasteiger partial charge in [0.25, 0.3) is 0 Å². The Kier molecular flexibility index (Phi) is 6.50. The number of nitrogens with one attached hydrogen (secondary N) is 1. The van der Waals surface area contributed by atoms with Crippen molar-refractivity contribution in [2.45, 2.75) is 26.3 Å². The number of amides is 1. The van der Waals surface area contributed by atoms with Crippen LogP contribution in [0.15, 0.2) is 0 Å². The van der Waals surface area contributed by atoms with E-state index in [1.807, 2.05) is 0 Å². The fourth-order valence-electron chi connectivity index (χ4n) is 1.03. The van der Waals surface area contributed by atoms with Crippen LogP contribution in [0, 0.1) is 5.92 Å². The number of rotatable bonds is 7. The third-order valence-electron chi connectivity index (χ3n) is 2.13. The molecule has 0 aromatic heterocycles. The molecule has 17 heavy (non-hydrogen) atoms. The summed E-state index contributed by atoms with van der Waals surface area (Å²) in [5, 5.41) is 11.1. The van der Waals surface area contributed by atoms with E-state index in [0.29, 0.717) is 6.42 Å². The summed E-state index contributed by atoms with van der Waals surface area (Å²) in [5.41, 5.74) is 0. The zero-order valence-electron chi connectivity index (χ0n) is 9.41. The molecule has 0 heterocycles. The van der Waals surface area contributed by atoms with E-state index in [9.17, 15) is 18.0 Å². The molecule has 0 rings (SSSR count). The lowest BCUT2D eigenvalue weighted by Gasteiger charge is -2.19. The van der Waals surface area contributed by atoms with Crippen LogP contribution in [0.4, 0.5) is 0 Å². The first-order valence-electron chi connectivity index (χ1n) is 4.81. The number of carboxylic acid groups (broad SMARTS) is 1. The number of carboxylic acids is 1. The molecule has 0 bridgehead atoms. The molecular formula is C8H15NO6S2. The molecule has 3 N–H and O–H groups in total. The summed E-state index contributed by atoms with van der Waals surface area (Å²) >= 11 is 0. The number of carbonyl (C=O) groups is 2. The van der Waals surface area contributed by atoms with Gasteiger partial charge in [-0.3, -0.25) is 9.35 Å². The predicted molar refractivity (Wildman–Crippen MR) is 63.0 cm³/mol. The lowest BCUT2D eigenvalue weighted by Crippen LogP contribution is -2.45. The number of carbonyl (C=O) groups excluding carboxylic acids is 1. The number of hydrogen-bond donors (Lipinski definition) is 3. The van der Waals surface area contributed by atoms with Crippen molar-refractivity contribution in [1.82, 2.24) is 5.32 Å². The monoisotopic (exact) mass is 285 g/mol. The summed E-state index contributed by atoms with van der Waals surface area (Å²) < 4.78 is 29.1. The van der Waals surface area contributed by atoms with Gasteiger partial charge in [-0.25, -0.2) is 4.79 Å². The van der Waals surface area contributed by atoms with Crippen LogP contribution in [0.25, 0.3) is 0 Å². The van der Waals surface area contributed by atoms with Crippen LogP contribution in [-0.2, 0) is 18.7 Å². The minimum atomic E-state index is -4.29. The molecule has 100 valence electrons. The van der Waals surface area contributed by atoms with Gasteiger partial charge in [0.2, 0.25) is 5.91 Å². The van der Waals surface area contributed by atoms with E-state index in [4.69, 9.17) is 9.66 Å². The van der Waals surface area contributed by atoms with Gasteiger partial charge in [-0.15, -0.1) is 0 Å². The van der Waals surface area contributed by atoms with Gasteiger partial charge in [-0.2, -0.15) is 8.42 Å². The lowest BCUT2D eigenvalue weighted by atomic mass is 9.99. The molecule has 2 atom stereocenters. The molecular weight excluding hydrogens is 270 g/mol. The van der Waals surface area contributed by atoms with Crippen molar-refractivity contribution in [2.75, 3.05) is 5.75 Å². The Labute approximate surface area is 103 Å². The normalized spacial score (nSPS) is 15.0. The van der Waals surface area contributed by atoms with E-state index in [2.05, 4.69) is 5.32 Å². The molecule has 0 aliphatic carbocycles. The van der Waals surface area contributed by atoms with E-state index in [-0.39, 0.29) is 16.7 Å². The highest BCUT2D eigenvalue weighted by atomic mass is 33.1. The van der Waals surface area contributed by atoms with Crippen LogP contribution in [0.3, 0.4) is 0 Å². The van der Waals surface area contributed by atoms with Crippen molar-refractivity contribution in [2.24, 2.45) is 5.92 Å². The Bertz CT molecular complexity index is 379. The van der Waals surface area contributed by atoms with Crippen LogP contribution in [0.1, 0.15) is 20.3 Å². The zero-order valence-corrected chi connectivity index (χ0v) is 11.0. The first-order valence-corrected chi connectivity index (χ1v) is 7.75. The van der Waals surface area contributed by atoms with E-state index in [0.717, 1.165) is 0 Å². The van der Waals surface area contributed by atoms with Gasteiger partial charge in [0.05, 0.1) is 5.75 Å². The Morgan fingerprint density at radius 2 is 1.94 bits per heavy atom. The van der Waals surface area contributed by atoms with E-state index >= 15 is 0 Å². The molecule has 9 heteroatoms. The molecule has 0 saturated heterocycles. The van der Waals surface area contributed by atoms with Gasteiger partial charge in [0.1, 0.15) is 6.04 Å². The molecule has 0 aromatic rings. The van der Waals surface area contributed by atoms with Crippen LogP contribution >= 0.6 is 10.8 Å². The fraction of sp³-hybridized carbons (Fsp3) is 0.750. The highest BCUT2D eigenvalue weighted by Crippen LogP contribution is 2.11. The van der Waals surface area contributed by atoms with Crippen molar-refractivity contribution in [3.8, 4) is 0 Å². The van der Waals surface area contributed by atoms with Gasteiger partial charge < -0.3 is 10.4 Å². The summed E-state index contributed by atoms with van der Waals surface area (Å²) in [6.07, 6.45) is 0.558. The summed E-state index contributed by atoms with van der Waals surface area (Å²) in [6, 6.07) is -1.06. The van der Waals surface area contributed by atoms with Crippen molar-refractivity contribution >= 4 is 31.8 Å². The Hall–Kier alpha value is -0.800. The molecule has 0 aromatic carbocycles. The molecule has 0 aliphatic rings. The average molecular weight is 285 g/mol. The molecule has 0 fully saturated rings. The molecule has 7 nitrogen and oxygen atoms in total. The molecule has 0 radical (unpaired) electrons. The summed E-state index contributed by atoms with van der Waals surface area (Å²) in [6.45, 7) is 3.44. The number of aliphatic carboxylic acids is 1. The SMILES string of the molecule is CCC(C)C(NC(=O)CSS(=O)(=O)O)C(=O)O. The van der Waals surface area contributed by atoms with Gasteiger partial charge in [0, 0.05) is 10.8 Å². The first-order chi connectivity index (χ1) is 7.67. The van der Waals surface area contributed by atoms with Crippen LogP contribution in [0.5, 0.6) is 0 Å². The van der Waals surface area contributed by atoms with E-state index < -0.39 is 32.8 Å². The Morgan fingerprint density at radius 3 is 2.29 bits per heavy atom. The second kappa shape index (κ2) is 6.82. The zero-order chi connectivity index (χ0) is 13.6. The quantitative estimate of drug-likeness (QED) is 0.449. The third kappa shape index (κ3) is 7.18. The van der Waals surface area contributed by atoms with Crippen molar-refractivity contribution in [1.29, 1.82) is 0 Å². The highest BCUT2D eigenvalue weighted by molar-refractivity contribution is 8.70. The fourth-order valence-corrected chi connectivity index (χ4v) is 2.13. The summed E-state index contributed by atoms with van der Waals surface area (Å²) in [4.78, 5) is 22.1. The van der Waals surface area contributed by atoms with Gasteiger partial charge in [-0.1, -0.05) is 20.3 Å². The smallest absolute Gasteiger partial charge is 0.326 e. The number of hydrogen-bond acceptors (Lipinski definition) is 5. The predicted octanol–water partition coefficient (Wildman–Crippen LogP) is 0.138. The van der Waals surface area contributed by atoms with Crippen LogP contribution in [0.2, 0.25) is 0 Å². The third-order valence-corrected chi connectivity index (χ3v) is 4.06. The van der Waals surface area contributed by atoms with E-state index in [1.54, 1.807) is 13.8 Å². The molecule has 1 amide bonds. The largest absolute Gasteiger partial charge is 0.480 e. The molecule has 0 saturated carbocycles. The average Bonchev–Trinajstić information content (AvgIpc) is 2.20. The molecule has 2 unspecified atom stereocenters.